The van der Waals surface area contributed by atoms with Crippen molar-refractivity contribution in [3.8, 4) is 0 Å². The molecule has 23 heteroatoms. The molecule has 0 unspecified atom stereocenters. The minimum absolute atomic E-state index is 0.00609. The number of hydrogen-bond donors (Lipinski definition) is 3. The van der Waals surface area contributed by atoms with Gasteiger partial charge in [-0.15, -0.1) is 23.5 Å². The fraction of sp³-hybridized carbons (Fsp3) is 0.438. The van der Waals surface area contributed by atoms with E-state index in [4.69, 9.17) is 8.83 Å². The number of aromatic nitrogens is 4. The molecule has 2 saturated heterocycles. The second kappa shape index (κ2) is 25.5. The van der Waals surface area contributed by atoms with Crippen LogP contribution in [0.3, 0.4) is 0 Å². The Morgan fingerprint density at radius 1 is 0.732 bits per heavy atom. The number of hydrogen-bond acceptors (Lipinski definition) is 19. The number of aldehydes is 1. The first-order valence-corrected chi connectivity index (χ1v) is 26.5. The number of anilines is 2. The summed E-state index contributed by atoms with van der Waals surface area (Å²) in [5.74, 6) is 4.49. The molecule has 0 bridgehead atoms. The van der Waals surface area contributed by atoms with Crippen LogP contribution in [0.25, 0.3) is 0 Å². The molecule has 2 aromatic carbocycles. The fourth-order valence-electron chi connectivity index (χ4n) is 7.07. The normalized spacial score (nSPS) is 14.6. The molecule has 8 rings (SSSR count). The summed E-state index contributed by atoms with van der Waals surface area (Å²) in [6, 6.07) is 12.3. The lowest BCUT2D eigenvalue weighted by Gasteiger charge is -2.31. The molecule has 2 amide bonds. The van der Waals surface area contributed by atoms with Gasteiger partial charge in [0.2, 0.25) is 23.6 Å². The van der Waals surface area contributed by atoms with E-state index < -0.39 is 4.92 Å². The van der Waals surface area contributed by atoms with Crippen LogP contribution in [0.15, 0.2) is 90.6 Å². The summed E-state index contributed by atoms with van der Waals surface area (Å²) in [5.41, 5.74) is 1.17. The number of likely N-dealkylation sites (tertiary alicyclic amines) is 1. The number of oxazole rings is 2. The number of carbonyl (C=O) groups is 3. The second-order valence-electron chi connectivity index (χ2n) is 18.7. The molecule has 19 nitrogen and oxygen atoms in total. The van der Waals surface area contributed by atoms with Crippen LogP contribution in [-0.2, 0) is 38.5 Å². The molecule has 2 aliphatic heterocycles. The molecule has 0 saturated carbocycles. The van der Waals surface area contributed by atoms with Crippen molar-refractivity contribution in [2.75, 3.05) is 36.8 Å². The summed E-state index contributed by atoms with van der Waals surface area (Å²) in [6.45, 7) is 16.6. The number of nitrogens with zero attached hydrogens (tertiary/aromatic N) is 7. The molecule has 6 heterocycles. The molecular formula is C48H58N10O9S4. The smallest absolute Gasteiger partial charge is 0.270 e. The standard InChI is InChI=1S/C24H29N5O4S2.C17H24N4O2S2.C7H5NO3/c1-24(2,3)19-12-25-20(33-19)15-34-21-13-26-23(35-21)27-22(30)17-7-9-28(10-8-17)14-16-5-4-6-18(11-16)29(31)32;1-17(2,3)12-8-19-13(23-12)10-24-14-9-20-16(25-14)21-15(22)11-4-6-18-7-5-11;9-5-6-2-1-3-7(4-6)8(10)11/h4-6,11-13,17H,7-10,14-15H2,1-3H3,(H,26,27,30);8-9,11,18H,4-7,10H2,1-3H3,(H,20,21,22);1-5H. The van der Waals surface area contributed by atoms with E-state index in [1.165, 1.54) is 53.0 Å². The van der Waals surface area contributed by atoms with Crippen LogP contribution in [0.1, 0.15) is 106 Å². The predicted molar refractivity (Wildman–Crippen MR) is 276 cm³/mol. The SMILES string of the molecule is CC(C)(C)c1cnc(CSc2cnc(NC(=O)C3CCN(Cc4cccc([N+](=O)[O-])c4)CC3)s2)o1.CC(C)(C)c1cnc(CSc2cnc(NC(=O)C3CCNCC3)s2)o1.O=Cc1cccc([N+](=O)[O-])c1. The Labute approximate surface area is 428 Å². The summed E-state index contributed by atoms with van der Waals surface area (Å²) in [4.78, 5) is 75.0. The van der Waals surface area contributed by atoms with E-state index in [1.807, 2.05) is 6.07 Å². The van der Waals surface area contributed by atoms with Crippen LogP contribution in [0, 0.1) is 32.1 Å². The number of nitrogens with one attached hydrogen (secondary N) is 3. The van der Waals surface area contributed by atoms with Gasteiger partial charge in [-0.1, -0.05) is 88.5 Å². The largest absolute Gasteiger partial charge is 0.444 e. The van der Waals surface area contributed by atoms with Gasteiger partial charge in [-0.3, -0.25) is 39.5 Å². The molecule has 0 atom stereocenters. The number of carbonyl (C=O) groups excluding carboxylic acids is 3. The number of thiazole rings is 2. The van der Waals surface area contributed by atoms with E-state index in [0.717, 1.165) is 77.4 Å². The highest BCUT2D eigenvalue weighted by Gasteiger charge is 2.27. The molecule has 0 aliphatic carbocycles. The van der Waals surface area contributed by atoms with Crippen molar-refractivity contribution in [3.05, 3.63) is 128 Å². The van der Waals surface area contributed by atoms with Crippen molar-refractivity contribution >= 4 is 85.9 Å². The fourth-order valence-corrected chi connectivity index (χ4v) is 10.5. The highest BCUT2D eigenvalue weighted by atomic mass is 32.2. The van der Waals surface area contributed by atoms with Gasteiger partial charge >= 0.3 is 0 Å². The maximum absolute atomic E-state index is 12.8. The van der Waals surface area contributed by atoms with Crippen LogP contribution >= 0.6 is 46.2 Å². The first-order chi connectivity index (χ1) is 33.8. The molecule has 2 fully saturated rings. The van der Waals surface area contributed by atoms with E-state index >= 15 is 0 Å². The van der Waals surface area contributed by atoms with Gasteiger partial charge in [0.05, 0.1) is 54.6 Å². The highest BCUT2D eigenvalue weighted by molar-refractivity contribution is 8.00. The zero-order chi connectivity index (χ0) is 51.1. The van der Waals surface area contributed by atoms with Crippen LogP contribution in [-0.4, -0.2) is 79.0 Å². The number of nitro benzene ring substituents is 2. The third-order valence-corrected chi connectivity index (χ3v) is 15.3. The molecule has 6 aromatic rings. The van der Waals surface area contributed by atoms with Crippen LogP contribution < -0.4 is 16.0 Å². The molecule has 0 spiro atoms. The predicted octanol–water partition coefficient (Wildman–Crippen LogP) is 10.5. The van der Waals surface area contributed by atoms with Crippen LogP contribution in [0.2, 0.25) is 0 Å². The van der Waals surface area contributed by atoms with E-state index in [-0.39, 0.29) is 50.8 Å². The average molecular weight is 1050 g/mol. The molecule has 378 valence electrons. The second-order valence-corrected chi connectivity index (χ2v) is 23.3. The van der Waals surface area contributed by atoms with Gasteiger partial charge in [0.15, 0.2) is 10.3 Å². The topological polar surface area (TPSA) is 255 Å². The Morgan fingerprint density at radius 3 is 1.68 bits per heavy atom. The Bertz CT molecular complexity index is 2730. The molecule has 4 aromatic heterocycles. The molecule has 2 aliphatic rings. The van der Waals surface area contributed by atoms with E-state index in [9.17, 15) is 34.6 Å². The van der Waals surface area contributed by atoms with Crippen molar-refractivity contribution in [1.82, 2.24) is 30.2 Å². The lowest BCUT2D eigenvalue weighted by Crippen LogP contribution is -2.37. The Kier molecular flexibility index (Phi) is 19.6. The van der Waals surface area contributed by atoms with Crippen molar-refractivity contribution in [2.24, 2.45) is 11.8 Å². The quantitative estimate of drug-likeness (QED) is 0.0374. The van der Waals surface area contributed by atoms with Gasteiger partial charge in [-0.25, -0.2) is 19.9 Å². The minimum Gasteiger partial charge on any atom is -0.444 e. The van der Waals surface area contributed by atoms with Crippen molar-refractivity contribution < 1.29 is 33.1 Å². The van der Waals surface area contributed by atoms with Gasteiger partial charge in [-0.2, -0.15) is 0 Å². The van der Waals surface area contributed by atoms with E-state index in [1.54, 1.807) is 60.4 Å². The minimum atomic E-state index is -0.535. The summed E-state index contributed by atoms with van der Waals surface area (Å²) in [7, 11) is 0. The zero-order valence-electron chi connectivity index (χ0n) is 40.4. The van der Waals surface area contributed by atoms with Gasteiger partial charge in [-0.05, 0) is 57.4 Å². The van der Waals surface area contributed by atoms with Crippen molar-refractivity contribution in [1.29, 1.82) is 0 Å². The average Bonchev–Trinajstić information content (AvgIpc) is 4.20. The molecular weight excluding hydrogens is 989 g/mol. The van der Waals surface area contributed by atoms with Gasteiger partial charge in [0.25, 0.3) is 11.4 Å². The number of piperidine rings is 2. The molecule has 3 N–H and O–H groups in total. The van der Waals surface area contributed by atoms with Crippen LogP contribution in [0.5, 0.6) is 0 Å². The number of amides is 2. The maximum atomic E-state index is 12.8. The Hall–Kier alpha value is -5.85. The van der Waals surface area contributed by atoms with Gasteiger partial charge in [0.1, 0.15) is 17.8 Å². The summed E-state index contributed by atoms with van der Waals surface area (Å²) in [6.07, 6.45) is 11.0. The van der Waals surface area contributed by atoms with E-state index in [2.05, 4.69) is 82.3 Å². The third-order valence-electron chi connectivity index (χ3n) is 11.1. The first kappa shape index (κ1) is 54.5. The number of benzene rings is 2. The summed E-state index contributed by atoms with van der Waals surface area (Å²) in [5, 5.41) is 31.6. The Balaban J connectivity index is 0.000000198. The number of nitro groups is 2. The monoisotopic (exact) mass is 1050 g/mol. The number of non-ortho nitro benzene ring substituents is 2. The number of thioether (sulfide) groups is 2. The molecule has 0 radical (unpaired) electrons. The first-order valence-electron chi connectivity index (χ1n) is 22.9. The van der Waals surface area contributed by atoms with E-state index in [0.29, 0.717) is 51.9 Å². The van der Waals surface area contributed by atoms with Gasteiger partial charge < -0.3 is 24.8 Å². The molecule has 71 heavy (non-hydrogen) atoms. The Morgan fingerprint density at radius 2 is 1.21 bits per heavy atom. The lowest BCUT2D eigenvalue weighted by atomic mass is 9.94. The van der Waals surface area contributed by atoms with Crippen molar-refractivity contribution in [2.45, 2.75) is 105 Å². The highest BCUT2D eigenvalue weighted by Crippen LogP contribution is 2.34. The maximum Gasteiger partial charge on any atom is 0.270 e. The zero-order valence-corrected chi connectivity index (χ0v) is 43.6. The van der Waals surface area contributed by atoms with Crippen LogP contribution in [0.4, 0.5) is 21.6 Å². The summed E-state index contributed by atoms with van der Waals surface area (Å²) >= 11 is 6.14. The third kappa shape index (κ3) is 17.2. The lowest BCUT2D eigenvalue weighted by molar-refractivity contribution is -0.385. The van der Waals surface area contributed by atoms with Crippen molar-refractivity contribution in [3.63, 3.8) is 0 Å². The van der Waals surface area contributed by atoms with Gasteiger partial charge in [0, 0.05) is 59.0 Å². The summed E-state index contributed by atoms with van der Waals surface area (Å²) < 4.78 is 13.7. The number of rotatable bonds is 15.